The molecule has 0 aromatic rings. The van der Waals surface area contributed by atoms with E-state index in [2.05, 4.69) is 0 Å². The molecule has 1 unspecified atom stereocenters. The average molecular weight is 211 g/mol. The summed E-state index contributed by atoms with van der Waals surface area (Å²) in [6.45, 7) is 2.37. The van der Waals surface area contributed by atoms with Crippen molar-refractivity contribution in [3.63, 3.8) is 0 Å². The molecule has 3 aliphatic rings. The van der Waals surface area contributed by atoms with Crippen LogP contribution in [0.25, 0.3) is 0 Å². The standard InChI is InChI=1S/C11H17NO3/c13-10(8-3-4-15-5-8)12-6-11(14,7-12)9-1-2-9/h8-9,14H,1-7H2. The molecule has 1 atom stereocenters. The summed E-state index contributed by atoms with van der Waals surface area (Å²) in [5, 5.41) is 10.1. The molecule has 3 fully saturated rings. The maximum Gasteiger partial charge on any atom is 0.228 e. The Hall–Kier alpha value is -0.610. The second-order valence-electron chi connectivity index (χ2n) is 5.13. The van der Waals surface area contributed by atoms with Gasteiger partial charge in [0.15, 0.2) is 0 Å². The van der Waals surface area contributed by atoms with Crippen LogP contribution in [0.3, 0.4) is 0 Å². The molecule has 2 heterocycles. The minimum atomic E-state index is -0.547. The molecule has 0 spiro atoms. The lowest BCUT2D eigenvalue weighted by Crippen LogP contribution is -2.65. The molecule has 3 rings (SSSR count). The van der Waals surface area contributed by atoms with E-state index in [1.807, 2.05) is 0 Å². The number of nitrogens with zero attached hydrogens (tertiary/aromatic N) is 1. The van der Waals surface area contributed by atoms with Crippen molar-refractivity contribution in [2.24, 2.45) is 11.8 Å². The summed E-state index contributed by atoms with van der Waals surface area (Å²) < 4.78 is 5.20. The molecule has 0 aromatic heterocycles. The van der Waals surface area contributed by atoms with Gasteiger partial charge in [-0.3, -0.25) is 4.79 Å². The molecule has 0 bridgehead atoms. The quantitative estimate of drug-likeness (QED) is 0.700. The van der Waals surface area contributed by atoms with E-state index in [4.69, 9.17) is 4.74 Å². The van der Waals surface area contributed by atoms with Crippen molar-refractivity contribution in [1.29, 1.82) is 0 Å². The van der Waals surface area contributed by atoms with Crippen LogP contribution in [0.15, 0.2) is 0 Å². The Morgan fingerprint density at radius 3 is 2.60 bits per heavy atom. The zero-order valence-corrected chi connectivity index (χ0v) is 8.82. The van der Waals surface area contributed by atoms with Crippen LogP contribution in [-0.4, -0.2) is 47.8 Å². The molecule has 1 N–H and O–H groups in total. The van der Waals surface area contributed by atoms with E-state index in [9.17, 15) is 9.90 Å². The van der Waals surface area contributed by atoms with Crippen molar-refractivity contribution < 1.29 is 14.6 Å². The van der Waals surface area contributed by atoms with Crippen LogP contribution < -0.4 is 0 Å². The first kappa shape index (κ1) is 9.60. The second kappa shape index (κ2) is 3.19. The highest BCUT2D eigenvalue weighted by Gasteiger charge is 2.53. The molecule has 1 aliphatic carbocycles. The molecular weight excluding hydrogens is 194 g/mol. The predicted molar refractivity (Wildman–Crippen MR) is 53.2 cm³/mol. The normalized spacial score (nSPS) is 33.9. The lowest BCUT2D eigenvalue weighted by molar-refractivity contribution is -0.163. The Morgan fingerprint density at radius 2 is 2.07 bits per heavy atom. The fraction of sp³-hybridized carbons (Fsp3) is 0.909. The van der Waals surface area contributed by atoms with E-state index in [0.717, 1.165) is 19.3 Å². The molecule has 2 aliphatic heterocycles. The number of carbonyl (C=O) groups excluding carboxylic acids is 1. The summed E-state index contributed by atoms with van der Waals surface area (Å²) in [5.41, 5.74) is -0.547. The summed E-state index contributed by atoms with van der Waals surface area (Å²) in [5.74, 6) is 0.688. The Bertz CT molecular complexity index is 276. The number of likely N-dealkylation sites (tertiary alicyclic amines) is 1. The van der Waals surface area contributed by atoms with Crippen LogP contribution in [0.5, 0.6) is 0 Å². The summed E-state index contributed by atoms with van der Waals surface area (Å²) in [6.07, 6.45) is 3.10. The smallest absolute Gasteiger partial charge is 0.228 e. The van der Waals surface area contributed by atoms with E-state index in [1.165, 1.54) is 0 Å². The van der Waals surface area contributed by atoms with Gasteiger partial charge in [0.05, 0.1) is 25.6 Å². The fourth-order valence-electron chi connectivity index (χ4n) is 2.64. The van der Waals surface area contributed by atoms with Crippen molar-refractivity contribution in [3.8, 4) is 0 Å². The van der Waals surface area contributed by atoms with Crippen LogP contribution in [0.4, 0.5) is 0 Å². The molecule has 0 aromatic carbocycles. The number of hydrogen-bond acceptors (Lipinski definition) is 3. The Morgan fingerprint density at radius 1 is 1.33 bits per heavy atom. The second-order valence-corrected chi connectivity index (χ2v) is 5.13. The van der Waals surface area contributed by atoms with Crippen LogP contribution in [-0.2, 0) is 9.53 Å². The van der Waals surface area contributed by atoms with E-state index < -0.39 is 5.60 Å². The van der Waals surface area contributed by atoms with Gasteiger partial charge in [0.2, 0.25) is 5.91 Å². The molecule has 0 radical (unpaired) electrons. The largest absolute Gasteiger partial charge is 0.386 e. The number of ether oxygens (including phenoxy) is 1. The number of aliphatic hydroxyl groups is 1. The molecule has 84 valence electrons. The first-order chi connectivity index (χ1) is 7.19. The van der Waals surface area contributed by atoms with Gasteiger partial charge in [-0.05, 0) is 25.2 Å². The summed E-state index contributed by atoms with van der Waals surface area (Å²) in [6, 6.07) is 0. The van der Waals surface area contributed by atoms with Gasteiger partial charge in [0, 0.05) is 6.61 Å². The molecular formula is C11H17NO3. The number of rotatable bonds is 2. The molecule has 2 saturated heterocycles. The van der Waals surface area contributed by atoms with Gasteiger partial charge in [-0.2, -0.15) is 0 Å². The first-order valence-electron chi connectivity index (χ1n) is 5.78. The Kier molecular flexibility index (Phi) is 2.04. The number of amides is 1. The highest BCUT2D eigenvalue weighted by Crippen LogP contribution is 2.44. The monoisotopic (exact) mass is 211 g/mol. The zero-order valence-electron chi connectivity index (χ0n) is 8.82. The van der Waals surface area contributed by atoms with Crippen molar-refractivity contribution >= 4 is 5.91 Å². The molecule has 4 nitrogen and oxygen atoms in total. The molecule has 4 heteroatoms. The lowest BCUT2D eigenvalue weighted by Gasteiger charge is -2.47. The van der Waals surface area contributed by atoms with Gasteiger partial charge in [-0.25, -0.2) is 0 Å². The average Bonchev–Trinajstić information content (AvgIpc) is 2.89. The highest BCUT2D eigenvalue weighted by molar-refractivity contribution is 5.80. The maximum atomic E-state index is 11.9. The Labute approximate surface area is 89.2 Å². The minimum Gasteiger partial charge on any atom is -0.386 e. The third-order valence-corrected chi connectivity index (χ3v) is 3.86. The van der Waals surface area contributed by atoms with E-state index in [0.29, 0.717) is 32.2 Å². The lowest BCUT2D eigenvalue weighted by atomic mass is 9.87. The SMILES string of the molecule is O=C(C1CCOC1)N1CC(O)(C2CC2)C1. The van der Waals surface area contributed by atoms with Crippen LogP contribution in [0.2, 0.25) is 0 Å². The van der Waals surface area contributed by atoms with Crippen LogP contribution in [0, 0.1) is 11.8 Å². The highest BCUT2D eigenvalue weighted by atomic mass is 16.5. The fourth-order valence-corrected chi connectivity index (χ4v) is 2.64. The van der Waals surface area contributed by atoms with Crippen LogP contribution in [0.1, 0.15) is 19.3 Å². The van der Waals surface area contributed by atoms with Gasteiger partial charge in [0.1, 0.15) is 5.60 Å². The molecule has 1 amide bonds. The van der Waals surface area contributed by atoms with Crippen molar-refractivity contribution in [3.05, 3.63) is 0 Å². The third-order valence-electron chi connectivity index (χ3n) is 3.86. The van der Waals surface area contributed by atoms with Crippen LogP contribution >= 0.6 is 0 Å². The predicted octanol–water partition coefficient (Wildman–Crippen LogP) is 0.00620. The number of hydrogen-bond donors (Lipinski definition) is 1. The summed E-state index contributed by atoms with van der Waals surface area (Å²) in [7, 11) is 0. The minimum absolute atomic E-state index is 0.0498. The van der Waals surface area contributed by atoms with Crippen molar-refractivity contribution in [2.45, 2.75) is 24.9 Å². The molecule has 1 saturated carbocycles. The van der Waals surface area contributed by atoms with Gasteiger partial charge in [-0.15, -0.1) is 0 Å². The zero-order chi connectivity index (χ0) is 10.5. The molecule has 15 heavy (non-hydrogen) atoms. The van der Waals surface area contributed by atoms with Gasteiger partial charge in [0.25, 0.3) is 0 Å². The first-order valence-corrected chi connectivity index (χ1v) is 5.78. The van der Waals surface area contributed by atoms with Crippen molar-refractivity contribution in [1.82, 2.24) is 4.90 Å². The van der Waals surface area contributed by atoms with Crippen molar-refractivity contribution in [2.75, 3.05) is 26.3 Å². The summed E-state index contributed by atoms with van der Waals surface area (Å²) >= 11 is 0. The van der Waals surface area contributed by atoms with Gasteiger partial charge >= 0.3 is 0 Å². The Balaban J connectivity index is 1.55. The third kappa shape index (κ3) is 1.56. The van der Waals surface area contributed by atoms with E-state index in [-0.39, 0.29) is 11.8 Å². The number of β-amino-alcohol motifs (C(OH)–C–C–N with tert-alkyl or cyclic N) is 1. The topological polar surface area (TPSA) is 49.8 Å². The van der Waals surface area contributed by atoms with E-state index in [1.54, 1.807) is 4.90 Å². The summed E-state index contributed by atoms with van der Waals surface area (Å²) in [4.78, 5) is 13.7. The van der Waals surface area contributed by atoms with Gasteiger partial charge in [-0.1, -0.05) is 0 Å². The van der Waals surface area contributed by atoms with Gasteiger partial charge < -0.3 is 14.7 Å². The maximum absolute atomic E-state index is 11.9. The number of carbonyl (C=O) groups is 1. The van der Waals surface area contributed by atoms with E-state index >= 15 is 0 Å².